The van der Waals surface area contributed by atoms with Gasteiger partial charge in [-0.05, 0) is 31.9 Å². The van der Waals surface area contributed by atoms with Crippen LogP contribution in [0.1, 0.15) is 23.1 Å². The van der Waals surface area contributed by atoms with Crippen LogP contribution in [0.25, 0.3) is 0 Å². The van der Waals surface area contributed by atoms with Gasteiger partial charge in [-0.1, -0.05) is 17.7 Å². The Hall–Kier alpha value is -1.53. The van der Waals surface area contributed by atoms with Crippen LogP contribution in [0.5, 0.6) is 0 Å². The monoisotopic (exact) mass is 218 g/mol. The molecule has 2 N–H and O–H groups in total. The van der Waals surface area contributed by atoms with E-state index in [4.69, 9.17) is 5.26 Å². The summed E-state index contributed by atoms with van der Waals surface area (Å²) in [4.78, 5) is 0. The van der Waals surface area contributed by atoms with Crippen molar-refractivity contribution in [1.29, 1.82) is 5.26 Å². The fraction of sp³-hybridized carbons (Fsp3) is 0.462. The van der Waals surface area contributed by atoms with Crippen LogP contribution in [0.3, 0.4) is 0 Å². The number of aryl methyl sites for hydroxylation is 3. The molecule has 0 saturated carbocycles. The Morgan fingerprint density at radius 1 is 1.31 bits per heavy atom. The van der Waals surface area contributed by atoms with Gasteiger partial charge in [0.25, 0.3) is 0 Å². The lowest BCUT2D eigenvalue weighted by molar-refractivity contribution is 0.193. The second-order valence-corrected chi connectivity index (χ2v) is 4.17. The molecular formula is C13H18N2O. The minimum Gasteiger partial charge on any atom is -0.390 e. The Morgan fingerprint density at radius 3 is 2.38 bits per heavy atom. The van der Waals surface area contributed by atoms with Crippen molar-refractivity contribution in [2.75, 3.05) is 11.9 Å². The molecule has 1 unspecified atom stereocenters. The van der Waals surface area contributed by atoms with Crippen molar-refractivity contribution >= 4 is 5.69 Å². The van der Waals surface area contributed by atoms with Crippen LogP contribution >= 0.6 is 0 Å². The van der Waals surface area contributed by atoms with Crippen LogP contribution < -0.4 is 5.32 Å². The summed E-state index contributed by atoms with van der Waals surface area (Å²) in [5.74, 6) is 0. The predicted molar refractivity (Wildman–Crippen MR) is 65.4 cm³/mol. The van der Waals surface area contributed by atoms with E-state index < -0.39 is 6.10 Å². The van der Waals surface area contributed by atoms with Crippen molar-refractivity contribution in [3.8, 4) is 6.07 Å². The van der Waals surface area contributed by atoms with E-state index in [1.54, 1.807) is 0 Å². The Labute approximate surface area is 96.7 Å². The van der Waals surface area contributed by atoms with E-state index in [9.17, 15) is 5.11 Å². The van der Waals surface area contributed by atoms with Crippen molar-refractivity contribution in [1.82, 2.24) is 0 Å². The van der Waals surface area contributed by atoms with E-state index in [-0.39, 0.29) is 6.42 Å². The lowest BCUT2D eigenvalue weighted by Crippen LogP contribution is -2.19. The zero-order valence-electron chi connectivity index (χ0n) is 10.0. The highest BCUT2D eigenvalue weighted by molar-refractivity contribution is 5.58. The summed E-state index contributed by atoms with van der Waals surface area (Å²) in [6.45, 7) is 6.56. The smallest absolute Gasteiger partial charge is 0.0842 e. The van der Waals surface area contributed by atoms with Crippen LogP contribution in [-0.2, 0) is 0 Å². The summed E-state index contributed by atoms with van der Waals surface area (Å²) < 4.78 is 0. The molecule has 1 aromatic carbocycles. The average Bonchev–Trinajstić information content (AvgIpc) is 2.16. The Bertz CT molecular complexity index is 384. The van der Waals surface area contributed by atoms with Crippen molar-refractivity contribution in [2.24, 2.45) is 0 Å². The van der Waals surface area contributed by atoms with Gasteiger partial charge in [-0.3, -0.25) is 0 Å². The molecule has 0 aliphatic rings. The molecule has 0 aromatic heterocycles. The lowest BCUT2D eigenvalue weighted by atomic mass is 10.0. The average molecular weight is 218 g/mol. The molecule has 1 aromatic rings. The normalized spacial score (nSPS) is 11.9. The Balaban J connectivity index is 2.71. The number of hydrogen-bond donors (Lipinski definition) is 2. The molecule has 1 atom stereocenters. The van der Waals surface area contributed by atoms with Gasteiger partial charge in [0.05, 0.1) is 18.6 Å². The summed E-state index contributed by atoms with van der Waals surface area (Å²) in [5, 5.41) is 21.1. The molecule has 16 heavy (non-hydrogen) atoms. The van der Waals surface area contributed by atoms with E-state index in [0.29, 0.717) is 6.54 Å². The topological polar surface area (TPSA) is 56.0 Å². The number of aliphatic hydroxyl groups is 1. The molecular weight excluding hydrogens is 200 g/mol. The first-order chi connectivity index (χ1) is 7.54. The van der Waals surface area contributed by atoms with Crippen LogP contribution in [-0.4, -0.2) is 17.8 Å². The molecule has 0 amide bonds. The highest BCUT2D eigenvalue weighted by Crippen LogP contribution is 2.21. The molecule has 3 nitrogen and oxygen atoms in total. The highest BCUT2D eigenvalue weighted by atomic mass is 16.3. The third-order valence-corrected chi connectivity index (χ3v) is 2.52. The molecule has 0 saturated heterocycles. The first-order valence-corrected chi connectivity index (χ1v) is 5.41. The number of anilines is 1. The van der Waals surface area contributed by atoms with E-state index in [2.05, 4.69) is 24.4 Å². The van der Waals surface area contributed by atoms with E-state index in [0.717, 1.165) is 5.69 Å². The molecule has 0 bridgehead atoms. The summed E-state index contributed by atoms with van der Waals surface area (Å²) in [6.07, 6.45) is -0.443. The van der Waals surface area contributed by atoms with Gasteiger partial charge >= 0.3 is 0 Å². The number of benzene rings is 1. The SMILES string of the molecule is Cc1cc(C)c(NCC(O)CC#N)c(C)c1. The first-order valence-electron chi connectivity index (χ1n) is 5.41. The summed E-state index contributed by atoms with van der Waals surface area (Å²) in [7, 11) is 0. The van der Waals surface area contributed by atoms with Crippen LogP contribution in [0.15, 0.2) is 12.1 Å². The first kappa shape index (κ1) is 12.5. The molecule has 0 heterocycles. The minimum absolute atomic E-state index is 0.164. The predicted octanol–water partition coefficient (Wildman–Crippen LogP) is 2.30. The molecule has 0 aliphatic heterocycles. The van der Waals surface area contributed by atoms with E-state index in [1.807, 2.05) is 19.9 Å². The molecule has 0 fully saturated rings. The lowest BCUT2D eigenvalue weighted by Gasteiger charge is -2.15. The molecule has 1 rings (SSSR count). The number of nitriles is 1. The van der Waals surface area contributed by atoms with Gasteiger partial charge in [0.2, 0.25) is 0 Å². The second kappa shape index (κ2) is 5.53. The molecule has 0 spiro atoms. The van der Waals surface area contributed by atoms with Gasteiger partial charge in [-0.15, -0.1) is 0 Å². The number of hydrogen-bond acceptors (Lipinski definition) is 3. The second-order valence-electron chi connectivity index (χ2n) is 4.17. The van der Waals surface area contributed by atoms with Crippen LogP contribution in [0.4, 0.5) is 5.69 Å². The van der Waals surface area contributed by atoms with Gasteiger partial charge in [-0.25, -0.2) is 0 Å². The maximum absolute atomic E-state index is 9.46. The Morgan fingerprint density at radius 2 is 1.88 bits per heavy atom. The van der Waals surface area contributed by atoms with Gasteiger partial charge in [-0.2, -0.15) is 5.26 Å². The largest absolute Gasteiger partial charge is 0.390 e. The fourth-order valence-electron chi connectivity index (χ4n) is 1.86. The van der Waals surface area contributed by atoms with Crippen molar-refractivity contribution in [2.45, 2.75) is 33.3 Å². The fourth-order valence-corrected chi connectivity index (χ4v) is 1.86. The van der Waals surface area contributed by atoms with Crippen molar-refractivity contribution in [3.63, 3.8) is 0 Å². The number of nitrogens with one attached hydrogen (secondary N) is 1. The quantitative estimate of drug-likeness (QED) is 0.815. The minimum atomic E-state index is -0.606. The van der Waals surface area contributed by atoms with Gasteiger partial charge < -0.3 is 10.4 Å². The van der Waals surface area contributed by atoms with Crippen molar-refractivity contribution in [3.05, 3.63) is 28.8 Å². The van der Waals surface area contributed by atoms with Gasteiger partial charge in [0.15, 0.2) is 0 Å². The van der Waals surface area contributed by atoms with E-state index in [1.165, 1.54) is 16.7 Å². The van der Waals surface area contributed by atoms with Crippen LogP contribution in [0, 0.1) is 32.1 Å². The molecule has 0 aliphatic carbocycles. The third-order valence-electron chi connectivity index (χ3n) is 2.52. The molecule has 0 radical (unpaired) electrons. The standard InChI is InChI=1S/C13H18N2O/c1-9-6-10(2)13(11(3)7-9)15-8-12(16)4-5-14/h6-7,12,15-16H,4,8H2,1-3H3. The van der Waals surface area contributed by atoms with Crippen LogP contribution in [0.2, 0.25) is 0 Å². The van der Waals surface area contributed by atoms with Gasteiger partial charge in [0.1, 0.15) is 0 Å². The highest BCUT2D eigenvalue weighted by Gasteiger charge is 2.06. The third kappa shape index (κ3) is 3.25. The maximum atomic E-state index is 9.46. The summed E-state index contributed by atoms with van der Waals surface area (Å²) >= 11 is 0. The number of rotatable bonds is 4. The summed E-state index contributed by atoms with van der Waals surface area (Å²) in [5.41, 5.74) is 4.63. The molecule has 86 valence electrons. The van der Waals surface area contributed by atoms with E-state index >= 15 is 0 Å². The summed E-state index contributed by atoms with van der Waals surface area (Å²) in [6, 6.07) is 6.16. The number of nitrogens with zero attached hydrogens (tertiary/aromatic N) is 1. The number of aliphatic hydroxyl groups excluding tert-OH is 1. The van der Waals surface area contributed by atoms with Gasteiger partial charge in [0, 0.05) is 12.2 Å². The Kier molecular flexibility index (Phi) is 4.33. The zero-order valence-corrected chi connectivity index (χ0v) is 10.0. The maximum Gasteiger partial charge on any atom is 0.0842 e. The zero-order chi connectivity index (χ0) is 12.1. The molecule has 3 heteroatoms. The van der Waals surface area contributed by atoms with Crippen molar-refractivity contribution < 1.29 is 5.11 Å².